The van der Waals surface area contributed by atoms with Crippen molar-refractivity contribution in [3.8, 4) is 0 Å². The minimum atomic E-state index is -3.79. The van der Waals surface area contributed by atoms with Gasteiger partial charge in [0, 0.05) is 12.1 Å². The fourth-order valence-electron chi connectivity index (χ4n) is 3.65. The van der Waals surface area contributed by atoms with Crippen LogP contribution in [0.15, 0.2) is 42.5 Å². The maximum absolute atomic E-state index is 13.7. The van der Waals surface area contributed by atoms with Crippen LogP contribution in [0.3, 0.4) is 0 Å². The number of halogens is 2. The van der Waals surface area contributed by atoms with Crippen molar-refractivity contribution in [2.45, 2.75) is 59.2 Å². The highest BCUT2D eigenvalue weighted by Gasteiger charge is 2.33. The summed E-state index contributed by atoms with van der Waals surface area (Å²) in [6.07, 6.45) is 1.39. The predicted octanol–water partition coefficient (Wildman–Crippen LogP) is 4.79. The van der Waals surface area contributed by atoms with Crippen molar-refractivity contribution < 1.29 is 18.0 Å². The van der Waals surface area contributed by atoms with Crippen molar-refractivity contribution >= 4 is 50.7 Å². The Hall–Kier alpha value is -2.29. The smallest absolute Gasteiger partial charge is 0.244 e. The lowest BCUT2D eigenvalue weighted by Crippen LogP contribution is -2.55. The summed E-state index contributed by atoms with van der Waals surface area (Å²) in [6, 6.07) is 11.1. The molecule has 0 fully saturated rings. The van der Waals surface area contributed by atoms with Crippen molar-refractivity contribution in [1.82, 2.24) is 10.2 Å². The molecule has 10 heteroatoms. The van der Waals surface area contributed by atoms with E-state index >= 15 is 0 Å². The van der Waals surface area contributed by atoms with Crippen molar-refractivity contribution in [1.29, 1.82) is 0 Å². The first-order valence-electron chi connectivity index (χ1n) is 11.2. The number of hydrogen-bond donors (Lipinski definition) is 1. The Morgan fingerprint density at radius 2 is 1.69 bits per heavy atom. The third-order valence-corrected chi connectivity index (χ3v) is 7.15. The van der Waals surface area contributed by atoms with Crippen LogP contribution in [0.1, 0.15) is 45.2 Å². The third-order valence-electron chi connectivity index (χ3n) is 5.28. The number of anilines is 1. The summed E-state index contributed by atoms with van der Waals surface area (Å²) in [5.74, 6) is -0.837. The number of amides is 2. The van der Waals surface area contributed by atoms with E-state index in [1.54, 1.807) is 56.3 Å². The number of nitrogens with zero attached hydrogens (tertiary/aromatic N) is 2. The van der Waals surface area contributed by atoms with Gasteiger partial charge < -0.3 is 10.2 Å². The summed E-state index contributed by atoms with van der Waals surface area (Å²) >= 11 is 12.2. The topological polar surface area (TPSA) is 86.8 Å². The average Bonchev–Trinajstić information content (AvgIpc) is 2.73. The number of para-hydroxylation sites is 1. The normalized spacial score (nSPS) is 12.7. The van der Waals surface area contributed by atoms with Crippen LogP contribution in [-0.2, 0) is 26.2 Å². The van der Waals surface area contributed by atoms with E-state index in [2.05, 4.69) is 5.32 Å². The van der Waals surface area contributed by atoms with Gasteiger partial charge in [-0.25, -0.2) is 8.42 Å². The second-order valence-electron chi connectivity index (χ2n) is 9.49. The summed E-state index contributed by atoms with van der Waals surface area (Å²) in [4.78, 5) is 28.3. The first-order valence-corrected chi connectivity index (χ1v) is 13.8. The molecule has 2 aromatic carbocycles. The molecule has 0 saturated heterocycles. The molecule has 192 valence electrons. The van der Waals surface area contributed by atoms with Crippen LogP contribution in [0.2, 0.25) is 10.0 Å². The summed E-state index contributed by atoms with van der Waals surface area (Å²) in [5.41, 5.74) is 1.27. The molecule has 0 aliphatic rings. The lowest BCUT2D eigenvalue weighted by molar-refractivity contribution is -0.141. The van der Waals surface area contributed by atoms with Gasteiger partial charge in [-0.3, -0.25) is 13.9 Å². The molecule has 0 spiro atoms. The summed E-state index contributed by atoms with van der Waals surface area (Å²) in [6.45, 7) is 8.74. The molecule has 0 aliphatic heterocycles. The first kappa shape index (κ1) is 28.9. The van der Waals surface area contributed by atoms with Crippen molar-refractivity contribution in [3.05, 3.63) is 63.6 Å². The highest BCUT2D eigenvalue weighted by molar-refractivity contribution is 7.92. The molecule has 0 aliphatic carbocycles. The molecule has 1 N–H and O–H groups in total. The number of carbonyl (C=O) groups excluding carboxylic acids is 2. The van der Waals surface area contributed by atoms with Crippen molar-refractivity contribution in [3.63, 3.8) is 0 Å². The fraction of sp³-hybridized carbons (Fsp3) is 0.440. The summed E-state index contributed by atoms with van der Waals surface area (Å²) in [7, 11) is -3.79. The zero-order valence-corrected chi connectivity index (χ0v) is 23.3. The van der Waals surface area contributed by atoms with Crippen LogP contribution in [-0.4, -0.2) is 49.5 Å². The second-order valence-corrected chi connectivity index (χ2v) is 12.2. The molecule has 2 rings (SSSR count). The van der Waals surface area contributed by atoms with Crippen molar-refractivity contribution in [2.75, 3.05) is 17.1 Å². The standard InChI is InChI=1S/C25H33Cl2N3O4S/c1-7-21(24(32)28-25(3,4)5)29(15-18-12-13-19(26)20(27)14-18)23(31)16-30(35(6,33)34)22-11-9-8-10-17(22)2/h8-14,21H,7,15-16H2,1-6H3,(H,28,32)/t21-/m0/s1. The molecule has 0 radical (unpaired) electrons. The lowest BCUT2D eigenvalue weighted by Gasteiger charge is -2.34. The number of rotatable bonds is 9. The van der Waals surface area contributed by atoms with Gasteiger partial charge in [-0.15, -0.1) is 0 Å². The van der Waals surface area contributed by atoms with E-state index in [-0.39, 0.29) is 12.5 Å². The predicted molar refractivity (Wildman–Crippen MR) is 142 cm³/mol. The molecule has 1 atom stereocenters. The number of benzene rings is 2. The zero-order chi connectivity index (χ0) is 26.6. The Balaban J connectivity index is 2.50. The van der Waals surface area contributed by atoms with E-state index in [1.165, 1.54) is 4.90 Å². The average molecular weight is 543 g/mol. The first-order chi connectivity index (χ1) is 16.1. The zero-order valence-electron chi connectivity index (χ0n) is 20.9. The highest BCUT2D eigenvalue weighted by Crippen LogP contribution is 2.26. The molecule has 35 heavy (non-hydrogen) atoms. The van der Waals surface area contributed by atoms with Gasteiger partial charge in [0.05, 0.1) is 22.0 Å². The van der Waals surface area contributed by atoms with Crippen LogP contribution >= 0.6 is 23.2 Å². The molecular formula is C25H33Cl2N3O4S. The van der Waals surface area contributed by atoms with Crippen LogP contribution < -0.4 is 9.62 Å². The van der Waals surface area contributed by atoms with Crippen molar-refractivity contribution in [2.24, 2.45) is 0 Å². The van der Waals surface area contributed by atoms with E-state index in [1.807, 2.05) is 20.8 Å². The van der Waals surface area contributed by atoms with Gasteiger partial charge in [-0.2, -0.15) is 0 Å². The number of sulfonamides is 1. The summed E-state index contributed by atoms with van der Waals surface area (Å²) < 4.78 is 26.4. The molecule has 0 unspecified atom stereocenters. The molecule has 2 aromatic rings. The molecule has 0 heterocycles. The minimum Gasteiger partial charge on any atom is -0.350 e. The molecular weight excluding hydrogens is 509 g/mol. The van der Waals surface area contributed by atoms with Gasteiger partial charge >= 0.3 is 0 Å². The van der Waals surface area contributed by atoms with Gasteiger partial charge in [0.25, 0.3) is 0 Å². The van der Waals surface area contributed by atoms with E-state index in [9.17, 15) is 18.0 Å². The lowest BCUT2D eigenvalue weighted by atomic mass is 10.1. The van der Waals surface area contributed by atoms with E-state index in [4.69, 9.17) is 23.2 Å². The molecule has 2 amide bonds. The van der Waals surface area contributed by atoms with Gasteiger partial charge in [-0.05, 0) is 63.4 Å². The highest BCUT2D eigenvalue weighted by atomic mass is 35.5. The maximum atomic E-state index is 13.7. The number of aryl methyl sites for hydroxylation is 1. The molecule has 0 aromatic heterocycles. The van der Waals surface area contributed by atoms with E-state index in [0.717, 1.165) is 10.6 Å². The van der Waals surface area contributed by atoms with Gasteiger partial charge in [0.1, 0.15) is 12.6 Å². The van der Waals surface area contributed by atoms with Crippen LogP contribution in [0.25, 0.3) is 0 Å². The van der Waals surface area contributed by atoms with Gasteiger partial charge in [0.2, 0.25) is 21.8 Å². The van der Waals surface area contributed by atoms with Gasteiger partial charge in [0.15, 0.2) is 0 Å². The van der Waals surface area contributed by atoms with E-state index in [0.29, 0.717) is 33.3 Å². The maximum Gasteiger partial charge on any atom is 0.244 e. The SMILES string of the molecule is CC[C@@H](C(=O)NC(C)(C)C)N(Cc1ccc(Cl)c(Cl)c1)C(=O)CN(c1ccccc1C)S(C)(=O)=O. The molecule has 7 nitrogen and oxygen atoms in total. The van der Waals surface area contributed by atoms with Crippen LogP contribution in [0.5, 0.6) is 0 Å². The Bertz CT molecular complexity index is 1180. The Morgan fingerprint density at radius 1 is 1.06 bits per heavy atom. The van der Waals surface area contributed by atoms with Gasteiger partial charge in [-0.1, -0.05) is 54.4 Å². The molecule has 0 saturated carbocycles. The van der Waals surface area contributed by atoms with Crippen LogP contribution in [0.4, 0.5) is 5.69 Å². The summed E-state index contributed by atoms with van der Waals surface area (Å²) in [5, 5.41) is 3.61. The number of nitrogens with one attached hydrogen (secondary N) is 1. The van der Waals surface area contributed by atoms with E-state index < -0.39 is 34.1 Å². The Morgan fingerprint density at radius 3 is 2.20 bits per heavy atom. The second kappa shape index (κ2) is 11.6. The third kappa shape index (κ3) is 8.12. The molecule has 0 bridgehead atoms. The largest absolute Gasteiger partial charge is 0.350 e. The monoisotopic (exact) mass is 541 g/mol. The fourth-order valence-corrected chi connectivity index (χ4v) is 4.87. The number of hydrogen-bond acceptors (Lipinski definition) is 4. The quantitative estimate of drug-likeness (QED) is 0.494. The Kier molecular flexibility index (Phi) is 9.62. The van der Waals surface area contributed by atoms with Crippen LogP contribution in [0, 0.1) is 6.92 Å². The Labute approximate surface area is 218 Å². The minimum absolute atomic E-state index is 0.0527. The number of carbonyl (C=O) groups is 2.